The second-order valence-corrected chi connectivity index (χ2v) is 8.28. The molecule has 4 aromatic carbocycles. The van der Waals surface area contributed by atoms with Crippen LogP contribution in [-0.4, -0.2) is 30.2 Å². The van der Waals surface area contributed by atoms with E-state index < -0.39 is 11.0 Å². The summed E-state index contributed by atoms with van der Waals surface area (Å²) in [6.45, 7) is 1.96. The van der Waals surface area contributed by atoms with Crippen molar-refractivity contribution in [2.75, 3.05) is 12.4 Å². The second-order valence-electron chi connectivity index (χ2n) is 8.28. The van der Waals surface area contributed by atoms with Gasteiger partial charge in [0.05, 0.1) is 18.2 Å². The van der Waals surface area contributed by atoms with Crippen molar-refractivity contribution in [2.24, 2.45) is 5.10 Å². The Morgan fingerprint density at radius 3 is 2.49 bits per heavy atom. The van der Waals surface area contributed by atoms with Crippen LogP contribution in [0.4, 0.5) is 11.4 Å². The first-order valence-corrected chi connectivity index (χ1v) is 11.6. The molecule has 0 radical (unpaired) electrons. The monoisotopic (exact) mass is 498 g/mol. The van der Waals surface area contributed by atoms with Crippen LogP contribution in [0.15, 0.2) is 90.0 Å². The summed E-state index contributed by atoms with van der Waals surface area (Å²) in [5.41, 5.74) is 4.87. The van der Waals surface area contributed by atoms with Crippen molar-refractivity contribution in [2.45, 2.75) is 19.6 Å². The lowest BCUT2D eigenvalue weighted by molar-refractivity contribution is -0.384. The van der Waals surface area contributed by atoms with Crippen molar-refractivity contribution in [3.63, 3.8) is 0 Å². The van der Waals surface area contributed by atoms with Crippen LogP contribution in [-0.2, 0) is 11.4 Å². The van der Waals surface area contributed by atoms with Gasteiger partial charge in [0, 0.05) is 17.8 Å². The zero-order valence-electron chi connectivity index (χ0n) is 20.4. The first-order valence-electron chi connectivity index (χ1n) is 11.6. The number of amides is 1. The molecule has 9 nitrogen and oxygen atoms in total. The summed E-state index contributed by atoms with van der Waals surface area (Å²) in [6.07, 6.45) is 1.51. The first kappa shape index (κ1) is 25.2. The molecular weight excluding hydrogens is 472 g/mol. The smallest absolute Gasteiger partial charge is 0.269 e. The number of nitrogens with one attached hydrogen (secondary N) is 2. The van der Waals surface area contributed by atoms with Gasteiger partial charge < -0.3 is 14.8 Å². The lowest BCUT2D eigenvalue weighted by Gasteiger charge is -2.14. The Labute approximate surface area is 213 Å². The molecule has 0 aliphatic carbocycles. The number of nitro groups is 1. The Balaban J connectivity index is 1.35. The summed E-state index contributed by atoms with van der Waals surface area (Å²) in [4.78, 5) is 22.9. The number of carbonyl (C=O) groups is 1. The standard InChI is InChI=1S/C28H26N4O5/c1-19(30-24-11-10-22-5-3-4-6-23(22)16-24)28(33)31-29-17-21-9-14-26(36-2)27(15-21)37-18-20-7-12-25(13-8-20)32(34)35/h3-17,19,30H,18H2,1-2H3,(H,31,33). The molecule has 4 rings (SSSR count). The molecule has 1 amide bonds. The van der Waals surface area contributed by atoms with Crippen LogP contribution >= 0.6 is 0 Å². The highest BCUT2D eigenvalue weighted by molar-refractivity contribution is 5.89. The number of ether oxygens (including phenoxy) is 2. The van der Waals surface area contributed by atoms with Gasteiger partial charge in [0.2, 0.25) is 0 Å². The SMILES string of the molecule is COc1ccc(C=NNC(=O)C(C)Nc2ccc3ccccc3c2)cc1OCc1ccc([N+](=O)[O-])cc1. The van der Waals surface area contributed by atoms with E-state index in [2.05, 4.69) is 15.8 Å². The number of nitrogens with zero attached hydrogens (tertiary/aromatic N) is 2. The molecule has 0 aliphatic rings. The van der Waals surface area contributed by atoms with Gasteiger partial charge in [-0.3, -0.25) is 14.9 Å². The molecule has 2 N–H and O–H groups in total. The van der Waals surface area contributed by atoms with Gasteiger partial charge in [0.1, 0.15) is 12.6 Å². The molecule has 0 spiro atoms. The topological polar surface area (TPSA) is 115 Å². The largest absolute Gasteiger partial charge is 0.493 e. The highest BCUT2D eigenvalue weighted by atomic mass is 16.6. The minimum Gasteiger partial charge on any atom is -0.493 e. The third-order valence-corrected chi connectivity index (χ3v) is 5.64. The normalized spacial score (nSPS) is 11.7. The fourth-order valence-corrected chi connectivity index (χ4v) is 3.62. The Morgan fingerprint density at radius 2 is 1.76 bits per heavy atom. The predicted molar refractivity (Wildman–Crippen MR) is 143 cm³/mol. The third kappa shape index (κ3) is 6.61. The van der Waals surface area contributed by atoms with Crippen LogP contribution in [0.1, 0.15) is 18.1 Å². The number of hydrogen-bond donors (Lipinski definition) is 2. The third-order valence-electron chi connectivity index (χ3n) is 5.64. The van der Waals surface area contributed by atoms with Crippen LogP contribution in [0, 0.1) is 10.1 Å². The molecule has 188 valence electrons. The molecule has 1 atom stereocenters. The van der Waals surface area contributed by atoms with E-state index in [9.17, 15) is 14.9 Å². The number of benzene rings is 4. The van der Waals surface area contributed by atoms with Crippen LogP contribution < -0.4 is 20.2 Å². The Kier molecular flexibility index (Phi) is 7.95. The molecule has 0 aliphatic heterocycles. The van der Waals surface area contributed by atoms with Crippen molar-refractivity contribution in [3.8, 4) is 11.5 Å². The van der Waals surface area contributed by atoms with Gasteiger partial charge in [-0.25, -0.2) is 5.43 Å². The highest BCUT2D eigenvalue weighted by Crippen LogP contribution is 2.28. The summed E-state index contributed by atoms with van der Waals surface area (Å²) < 4.78 is 11.2. The molecule has 0 saturated carbocycles. The molecule has 0 saturated heterocycles. The van der Waals surface area contributed by atoms with Crippen LogP contribution in [0.2, 0.25) is 0 Å². The number of hydrazone groups is 1. The minimum absolute atomic E-state index is 0.0170. The molecule has 0 bridgehead atoms. The van der Waals surface area contributed by atoms with E-state index in [0.717, 1.165) is 22.0 Å². The minimum atomic E-state index is -0.505. The number of nitro benzene ring substituents is 1. The van der Waals surface area contributed by atoms with Gasteiger partial charge in [-0.05, 0) is 71.3 Å². The molecule has 0 heterocycles. The average Bonchev–Trinajstić information content (AvgIpc) is 2.92. The average molecular weight is 499 g/mol. The molecular formula is C28H26N4O5. The van der Waals surface area contributed by atoms with E-state index in [4.69, 9.17) is 9.47 Å². The summed E-state index contributed by atoms with van der Waals surface area (Å²) in [7, 11) is 1.53. The lowest BCUT2D eigenvalue weighted by Crippen LogP contribution is -2.34. The quantitative estimate of drug-likeness (QED) is 0.174. The molecule has 1 unspecified atom stereocenters. The number of fused-ring (bicyclic) bond motifs is 1. The molecule has 0 aromatic heterocycles. The van der Waals surface area contributed by atoms with Crippen molar-refractivity contribution < 1.29 is 19.2 Å². The van der Waals surface area contributed by atoms with Gasteiger partial charge in [-0.2, -0.15) is 5.10 Å². The lowest BCUT2D eigenvalue weighted by atomic mass is 10.1. The van der Waals surface area contributed by atoms with Crippen LogP contribution in [0.5, 0.6) is 11.5 Å². The zero-order chi connectivity index (χ0) is 26.2. The van der Waals surface area contributed by atoms with E-state index in [0.29, 0.717) is 17.1 Å². The van der Waals surface area contributed by atoms with Crippen molar-refractivity contribution in [1.29, 1.82) is 0 Å². The number of rotatable bonds is 10. The maximum atomic E-state index is 12.5. The zero-order valence-corrected chi connectivity index (χ0v) is 20.4. The maximum absolute atomic E-state index is 12.5. The van der Waals surface area contributed by atoms with Crippen LogP contribution in [0.3, 0.4) is 0 Å². The number of hydrogen-bond acceptors (Lipinski definition) is 7. The number of anilines is 1. The Hall–Kier alpha value is -4.92. The number of methoxy groups -OCH3 is 1. The van der Waals surface area contributed by atoms with Gasteiger partial charge in [0.15, 0.2) is 11.5 Å². The van der Waals surface area contributed by atoms with E-state index in [1.54, 1.807) is 37.3 Å². The molecule has 0 fully saturated rings. The molecule has 4 aromatic rings. The van der Waals surface area contributed by atoms with Gasteiger partial charge in [-0.1, -0.05) is 30.3 Å². The predicted octanol–water partition coefficient (Wildman–Crippen LogP) is 5.29. The fraction of sp³-hybridized carbons (Fsp3) is 0.143. The van der Waals surface area contributed by atoms with Crippen molar-refractivity contribution in [1.82, 2.24) is 5.43 Å². The number of non-ortho nitro benzene ring substituents is 1. The van der Waals surface area contributed by atoms with Crippen molar-refractivity contribution >= 4 is 34.3 Å². The summed E-state index contributed by atoms with van der Waals surface area (Å²) in [5, 5.41) is 20.3. The van der Waals surface area contributed by atoms with E-state index in [1.165, 1.54) is 25.5 Å². The summed E-state index contributed by atoms with van der Waals surface area (Å²) >= 11 is 0. The molecule has 37 heavy (non-hydrogen) atoms. The summed E-state index contributed by atoms with van der Waals surface area (Å²) in [6, 6.07) is 24.8. The van der Waals surface area contributed by atoms with E-state index in [-0.39, 0.29) is 18.2 Å². The van der Waals surface area contributed by atoms with E-state index >= 15 is 0 Å². The Morgan fingerprint density at radius 1 is 1.00 bits per heavy atom. The van der Waals surface area contributed by atoms with Gasteiger partial charge in [-0.15, -0.1) is 0 Å². The van der Waals surface area contributed by atoms with Gasteiger partial charge >= 0.3 is 0 Å². The maximum Gasteiger partial charge on any atom is 0.269 e. The first-order chi connectivity index (χ1) is 17.9. The highest BCUT2D eigenvalue weighted by Gasteiger charge is 2.12. The number of carbonyl (C=O) groups excluding carboxylic acids is 1. The van der Waals surface area contributed by atoms with Crippen LogP contribution in [0.25, 0.3) is 10.8 Å². The summed E-state index contributed by atoms with van der Waals surface area (Å²) in [5.74, 6) is 0.714. The second kappa shape index (κ2) is 11.7. The van der Waals surface area contributed by atoms with E-state index in [1.807, 2.05) is 42.5 Å². The van der Waals surface area contributed by atoms with Gasteiger partial charge in [0.25, 0.3) is 11.6 Å². The Bertz CT molecular complexity index is 1440. The fourth-order valence-electron chi connectivity index (χ4n) is 3.62. The molecule has 9 heteroatoms. The van der Waals surface area contributed by atoms with Crippen molar-refractivity contribution in [3.05, 3.63) is 106 Å².